The smallest absolute Gasteiger partial charge is 0.250 e. The van der Waals surface area contributed by atoms with Gasteiger partial charge in [0, 0.05) is 19.6 Å². The first-order valence-electron chi connectivity index (χ1n) is 8.66. The van der Waals surface area contributed by atoms with Gasteiger partial charge in [-0.2, -0.15) is 4.31 Å². The Hall–Kier alpha value is -1.93. The Labute approximate surface area is 164 Å². The van der Waals surface area contributed by atoms with Crippen LogP contribution in [0.25, 0.3) is 0 Å². The second kappa shape index (κ2) is 8.84. The maximum Gasteiger partial charge on any atom is 0.250 e. The van der Waals surface area contributed by atoms with E-state index in [1.807, 2.05) is 30.3 Å². The van der Waals surface area contributed by atoms with E-state index in [4.69, 9.17) is 16.3 Å². The summed E-state index contributed by atoms with van der Waals surface area (Å²) in [5.74, 6) is -0.315. The van der Waals surface area contributed by atoms with Gasteiger partial charge in [0.1, 0.15) is 11.0 Å². The van der Waals surface area contributed by atoms with Crippen molar-refractivity contribution >= 4 is 27.5 Å². The van der Waals surface area contributed by atoms with Crippen LogP contribution in [0.2, 0.25) is 5.02 Å². The first-order chi connectivity index (χ1) is 13.0. The molecule has 2 aromatic rings. The van der Waals surface area contributed by atoms with E-state index in [-0.39, 0.29) is 35.5 Å². The highest BCUT2D eigenvalue weighted by molar-refractivity contribution is 7.89. The van der Waals surface area contributed by atoms with Crippen LogP contribution in [-0.2, 0) is 26.0 Å². The Morgan fingerprint density at radius 1 is 1.15 bits per heavy atom. The predicted octanol–water partition coefficient (Wildman–Crippen LogP) is 2.09. The molecule has 0 aliphatic carbocycles. The molecule has 0 spiro atoms. The van der Waals surface area contributed by atoms with E-state index in [1.54, 1.807) is 12.1 Å². The van der Waals surface area contributed by atoms with Gasteiger partial charge in [0.2, 0.25) is 10.0 Å². The first kappa shape index (κ1) is 19.8. The largest absolute Gasteiger partial charge is 0.366 e. The van der Waals surface area contributed by atoms with Crippen LogP contribution in [0.15, 0.2) is 59.5 Å². The van der Waals surface area contributed by atoms with E-state index in [2.05, 4.69) is 5.32 Å². The topological polar surface area (TPSA) is 75.7 Å². The number of carbonyl (C=O) groups is 1. The van der Waals surface area contributed by atoms with Crippen molar-refractivity contribution in [3.8, 4) is 0 Å². The average molecular weight is 409 g/mol. The fraction of sp³-hybridized carbons (Fsp3) is 0.316. The van der Waals surface area contributed by atoms with Crippen LogP contribution < -0.4 is 5.32 Å². The molecule has 1 aliphatic rings. The lowest BCUT2D eigenvalue weighted by Crippen LogP contribution is -2.51. The van der Waals surface area contributed by atoms with Crippen molar-refractivity contribution in [2.45, 2.75) is 17.4 Å². The van der Waals surface area contributed by atoms with Crippen molar-refractivity contribution in [1.29, 1.82) is 0 Å². The van der Waals surface area contributed by atoms with Gasteiger partial charge in [0.15, 0.2) is 0 Å². The molecule has 0 bridgehead atoms. The summed E-state index contributed by atoms with van der Waals surface area (Å²) in [5.41, 5.74) is 1.12. The number of amides is 1. The summed E-state index contributed by atoms with van der Waals surface area (Å²) in [5, 5.41) is 2.97. The molecular formula is C19H21ClN2O4S. The van der Waals surface area contributed by atoms with Crippen molar-refractivity contribution in [2.24, 2.45) is 0 Å². The van der Waals surface area contributed by atoms with E-state index in [0.717, 1.165) is 5.56 Å². The minimum Gasteiger partial charge on any atom is -0.366 e. The van der Waals surface area contributed by atoms with Crippen molar-refractivity contribution in [3.05, 3.63) is 65.2 Å². The minimum atomic E-state index is -3.78. The molecule has 0 aromatic heterocycles. The molecule has 1 aliphatic heterocycles. The van der Waals surface area contributed by atoms with Crippen LogP contribution >= 0.6 is 11.6 Å². The summed E-state index contributed by atoms with van der Waals surface area (Å²) in [6, 6.07) is 16.1. The number of morpholine rings is 1. The van der Waals surface area contributed by atoms with Gasteiger partial charge in [-0.1, -0.05) is 54.1 Å². The number of nitrogens with one attached hydrogen (secondary N) is 1. The standard InChI is InChI=1S/C19H21ClN2O4S/c20-16-8-4-5-9-18(16)27(24,25)22-12-13-26-17(14-22)19(23)21-11-10-15-6-2-1-3-7-15/h1-9,17H,10-14H2,(H,21,23)/t17-/m1/s1. The van der Waals surface area contributed by atoms with Crippen LogP contribution in [0.1, 0.15) is 5.56 Å². The highest BCUT2D eigenvalue weighted by Crippen LogP contribution is 2.25. The highest BCUT2D eigenvalue weighted by atomic mass is 35.5. The molecule has 1 fully saturated rings. The lowest BCUT2D eigenvalue weighted by atomic mass is 10.1. The summed E-state index contributed by atoms with van der Waals surface area (Å²) in [4.78, 5) is 12.4. The van der Waals surface area contributed by atoms with Crippen molar-refractivity contribution in [1.82, 2.24) is 9.62 Å². The predicted molar refractivity (Wildman–Crippen MR) is 103 cm³/mol. The number of nitrogens with zero attached hydrogens (tertiary/aromatic N) is 1. The molecule has 8 heteroatoms. The first-order valence-corrected chi connectivity index (χ1v) is 10.5. The molecule has 0 saturated carbocycles. The molecule has 144 valence electrons. The van der Waals surface area contributed by atoms with Gasteiger partial charge in [-0.15, -0.1) is 0 Å². The zero-order chi connectivity index (χ0) is 19.3. The molecule has 27 heavy (non-hydrogen) atoms. The van der Waals surface area contributed by atoms with Crippen molar-refractivity contribution < 1.29 is 17.9 Å². The van der Waals surface area contributed by atoms with Gasteiger partial charge >= 0.3 is 0 Å². The van der Waals surface area contributed by atoms with Crippen LogP contribution in [-0.4, -0.2) is 51.0 Å². The van der Waals surface area contributed by atoms with E-state index in [1.165, 1.54) is 16.4 Å². The van der Waals surface area contributed by atoms with Gasteiger partial charge in [0.05, 0.1) is 11.6 Å². The second-order valence-electron chi connectivity index (χ2n) is 6.18. The molecular weight excluding hydrogens is 388 g/mol. The fourth-order valence-corrected chi connectivity index (χ4v) is 4.80. The van der Waals surface area contributed by atoms with Crippen LogP contribution in [0.5, 0.6) is 0 Å². The SMILES string of the molecule is O=C(NCCc1ccccc1)[C@H]1CN(S(=O)(=O)c2ccccc2Cl)CCO1. The normalized spacial score (nSPS) is 18.2. The van der Waals surface area contributed by atoms with E-state index >= 15 is 0 Å². The Morgan fingerprint density at radius 3 is 2.59 bits per heavy atom. The molecule has 1 N–H and O–H groups in total. The zero-order valence-electron chi connectivity index (χ0n) is 14.7. The molecule has 2 aromatic carbocycles. The molecule has 1 atom stereocenters. The Balaban J connectivity index is 1.60. The molecule has 3 rings (SSSR count). The van der Waals surface area contributed by atoms with Crippen LogP contribution in [0, 0.1) is 0 Å². The lowest BCUT2D eigenvalue weighted by molar-refractivity contribution is -0.136. The molecule has 6 nitrogen and oxygen atoms in total. The number of halogens is 1. The average Bonchev–Trinajstić information content (AvgIpc) is 2.69. The molecule has 1 saturated heterocycles. The number of sulfonamides is 1. The fourth-order valence-electron chi connectivity index (χ4n) is 2.88. The number of ether oxygens (including phenoxy) is 1. The number of hydrogen-bond donors (Lipinski definition) is 1. The molecule has 1 heterocycles. The van der Waals surface area contributed by atoms with E-state index < -0.39 is 16.1 Å². The summed E-state index contributed by atoms with van der Waals surface area (Å²) in [6.07, 6.45) is -0.146. The third-order valence-corrected chi connectivity index (χ3v) is 6.70. The van der Waals surface area contributed by atoms with Crippen LogP contribution in [0.3, 0.4) is 0 Å². The summed E-state index contributed by atoms with van der Waals surface area (Å²) in [6.45, 7) is 0.756. The number of rotatable bonds is 6. The lowest BCUT2D eigenvalue weighted by Gasteiger charge is -2.31. The van der Waals surface area contributed by atoms with Crippen molar-refractivity contribution in [3.63, 3.8) is 0 Å². The number of benzene rings is 2. The maximum atomic E-state index is 12.8. The third kappa shape index (κ3) is 4.87. The highest BCUT2D eigenvalue weighted by Gasteiger charge is 2.34. The Kier molecular flexibility index (Phi) is 6.49. The van der Waals surface area contributed by atoms with Crippen molar-refractivity contribution in [2.75, 3.05) is 26.2 Å². The Bertz CT molecular complexity index is 890. The molecule has 0 unspecified atom stereocenters. The van der Waals surface area contributed by atoms with E-state index in [9.17, 15) is 13.2 Å². The zero-order valence-corrected chi connectivity index (χ0v) is 16.2. The van der Waals surface area contributed by atoms with Crippen LogP contribution in [0.4, 0.5) is 0 Å². The van der Waals surface area contributed by atoms with Gasteiger partial charge in [-0.25, -0.2) is 8.42 Å². The molecule has 0 radical (unpaired) electrons. The second-order valence-corrected chi connectivity index (χ2v) is 8.49. The maximum absolute atomic E-state index is 12.8. The van der Waals surface area contributed by atoms with Gasteiger partial charge in [-0.3, -0.25) is 4.79 Å². The van der Waals surface area contributed by atoms with Gasteiger partial charge < -0.3 is 10.1 Å². The van der Waals surface area contributed by atoms with E-state index in [0.29, 0.717) is 13.0 Å². The Morgan fingerprint density at radius 2 is 1.85 bits per heavy atom. The minimum absolute atomic E-state index is 0.0370. The summed E-state index contributed by atoms with van der Waals surface area (Å²) in [7, 11) is -3.78. The number of carbonyl (C=O) groups excluding carboxylic acids is 1. The summed E-state index contributed by atoms with van der Waals surface area (Å²) >= 11 is 6.04. The summed E-state index contributed by atoms with van der Waals surface area (Å²) < 4.78 is 32.4. The quantitative estimate of drug-likeness (QED) is 0.794. The van der Waals surface area contributed by atoms with Gasteiger partial charge in [-0.05, 0) is 24.1 Å². The monoisotopic (exact) mass is 408 g/mol. The third-order valence-electron chi connectivity index (χ3n) is 4.33. The van der Waals surface area contributed by atoms with Gasteiger partial charge in [0.25, 0.3) is 5.91 Å². The number of hydrogen-bond acceptors (Lipinski definition) is 4. The molecule has 1 amide bonds.